The van der Waals surface area contributed by atoms with Crippen molar-refractivity contribution in [3.63, 3.8) is 0 Å². The molecule has 2 unspecified atom stereocenters. The number of nitrogens with zero attached hydrogens (tertiary/aromatic N) is 2. The number of benzene rings is 1. The lowest BCUT2D eigenvalue weighted by molar-refractivity contribution is 0.378. The van der Waals surface area contributed by atoms with Gasteiger partial charge < -0.3 is 5.32 Å². The van der Waals surface area contributed by atoms with Gasteiger partial charge in [0.15, 0.2) is 0 Å². The molecule has 2 atom stereocenters. The molecule has 1 aliphatic rings. The van der Waals surface area contributed by atoms with Gasteiger partial charge in [-0.3, -0.25) is 0 Å². The van der Waals surface area contributed by atoms with Gasteiger partial charge in [-0.25, -0.2) is 0 Å². The van der Waals surface area contributed by atoms with Crippen molar-refractivity contribution in [3.05, 3.63) is 36.0 Å². The fourth-order valence-corrected chi connectivity index (χ4v) is 3.82. The average Bonchev–Trinajstić information content (AvgIpc) is 3.02. The summed E-state index contributed by atoms with van der Waals surface area (Å²) in [6.45, 7) is 0.784. The minimum Gasteiger partial charge on any atom is -0.308 e. The molecule has 0 amide bonds. The van der Waals surface area contributed by atoms with Crippen LogP contribution in [0.25, 0.3) is 11.3 Å². The number of hydrogen-bond acceptors (Lipinski definition) is 4. The fraction of sp³-hybridized carbons (Fsp3) is 0.500. The monoisotopic (exact) mass is 302 g/mol. The summed E-state index contributed by atoms with van der Waals surface area (Å²) < 4.78 is 0. The van der Waals surface area contributed by atoms with Crippen molar-refractivity contribution in [3.8, 4) is 11.3 Å². The smallest absolute Gasteiger partial charge is 0.117 e. The Balaban J connectivity index is 1.63. The van der Waals surface area contributed by atoms with Crippen molar-refractivity contribution in [1.82, 2.24) is 20.7 Å². The molecule has 2 aromatic rings. The fourth-order valence-electron chi connectivity index (χ4n) is 2.99. The molecular formula is C16H22N4S. The first kappa shape index (κ1) is 14.6. The summed E-state index contributed by atoms with van der Waals surface area (Å²) in [4.78, 5) is 0. The summed E-state index contributed by atoms with van der Waals surface area (Å²) in [5.41, 5.74) is 3.08. The zero-order valence-electron chi connectivity index (χ0n) is 12.4. The van der Waals surface area contributed by atoms with Gasteiger partial charge in [0.05, 0.1) is 0 Å². The maximum Gasteiger partial charge on any atom is 0.117 e. The van der Waals surface area contributed by atoms with E-state index in [9.17, 15) is 0 Å². The molecule has 1 aliphatic carbocycles. The second kappa shape index (κ2) is 7.09. The molecule has 0 bridgehead atoms. The predicted octanol–water partition coefficient (Wildman–Crippen LogP) is 3.24. The van der Waals surface area contributed by atoms with Gasteiger partial charge in [-0.2, -0.15) is 27.2 Å². The molecule has 1 aromatic carbocycles. The second-order valence-electron chi connectivity index (χ2n) is 5.59. The average molecular weight is 302 g/mol. The van der Waals surface area contributed by atoms with Crippen molar-refractivity contribution in [2.45, 2.75) is 43.5 Å². The van der Waals surface area contributed by atoms with E-state index in [1.165, 1.54) is 25.7 Å². The zero-order chi connectivity index (χ0) is 14.5. The maximum absolute atomic E-state index is 4.31. The normalized spacial score (nSPS) is 22.3. The lowest BCUT2D eigenvalue weighted by Gasteiger charge is -2.28. The highest BCUT2D eigenvalue weighted by Crippen LogP contribution is 2.27. The van der Waals surface area contributed by atoms with E-state index >= 15 is 0 Å². The summed E-state index contributed by atoms with van der Waals surface area (Å²) >= 11 is 2.00. The summed E-state index contributed by atoms with van der Waals surface area (Å²) in [7, 11) is 0. The van der Waals surface area contributed by atoms with Crippen LogP contribution in [0.1, 0.15) is 31.4 Å². The minimum absolute atomic E-state index is 0.608. The quantitative estimate of drug-likeness (QED) is 0.890. The van der Waals surface area contributed by atoms with E-state index in [0.717, 1.165) is 28.7 Å². The Hall–Kier alpha value is -1.33. The van der Waals surface area contributed by atoms with Crippen LogP contribution in [0.15, 0.2) is 30.3 Å². The van der Waals surface area contributed by atoms with Gasteiger partial charge in [-0.1, -0.05) is 36.8 Å². The summed E-state index contributed by atoms with van der Waals surface area (Å²) in [6.07, 6.45) is 7.44. The van der Waals surface area contributed by atoms with Crippen LogP contribution in [-0.2, 0) is 6.54 Å². The highest BCUT2D eigenvalue weighted by atomic mass is 32.2. The summed E-state index contributed by atoms with van der Waals surface area (Å²) in [5.74, 6) is 0. The standard InChI is InChI=1S/C16H22N4S/c1-21-14-9-5-8-13(10-14)17-11-15-16(19-20-18-15)12-6-3-2-4-7-12/h2-4,6-7,13-14,17H,5,8-11H2,1H3,(H,18,19,20). The molecule has 2 N–H and O–H groups in total. The third kappa shape index (κ3) is 3.66. The molecule has 3 rings (SSSR count). The molecule has 1 aromatic heterocycles. The van der Waals surface area contributed by atoms with Gasteiger partial charge in [0.1, 0.15) is 11.4 Å². The molecule has 1 saturated carbocycles. The van der Waals surface area contributed by atoms with Crippen molar-refractivity contribution in [2.24, 2.45) is 0 Å². The summed E-state index contributed by atoms with van der Waals surface area (Å²) in [5, 5.41) is 15.8. The van der Waals surface area contributed by atoms with Gasteiger partial charge in [0, 0.05) is 23.4 Å². The molecule has 4 nitrogen and oxygen atoms in total. The first-order valence-electron chi connectivity index (χ1n) is 7.58. The van der Waals surface area contributed by atoms with E-state index in [4.69, 9.17) is 0 Å². The number of aromatic amines is 1. The van der Waals surface area contributed by atoms with E-state index in [1.54, 1.807) is 0 Å². The second-order valence-corrected chi connectivity index (χ2v) is 6.73. The zero-order valence-corrected chi connectivity index (χ0v) is 13.2. The Morgan fingerprint density at radius 2 is 2.10 bits per heavy atom. The Morgan fingerprint density at radius 3 is 2.90 bits per heavy atom. The van der Waals surface area contributed by atoms with Gasteiger partial charge >= 0.3 is 0 Å². The molecule has 0 saturated heterocycles. The van der Waals surface area contributed by atoms with E-state index in [2.05, 4.69) is 39.1 Å². The number of hydrogen-bond donors (Lipinski definition) is 2. The topological polar surface area (TPSA) is 53.6 Å². The molecule has 21 heavy (non-hydrogen) atoms. The van der Waals surface area contributed by atoms with Gasteiger partial charge in [0.25, 0.3) is 0 Å². The Kier molecular flexibility index (Phi) is 4.93. The largest absolute Gasteiger partial charge is 0.308 e. The van der Waals surface area contributed by atoms with Crippen LogP contribution in [0, 0.1) is 0 Å². The summed E-state index contributed by atoms with van der Waals surface area (Å²) in [6, 6.07) is 10.8. The Morgan fingerprint density at radius 1 is 1.24 bits per heavy atom. The van der Waals surface area contributed by atoms with E-state index in [-0.39, 0.29) is 0 Å². The first-order chi connectivity index (χ1) is 10.4. The molecule has 0 spiro atoms. The van der Waals surface area contributed by atoms with Crippen LogP contribution < -0.4 is 5.32 Å². The van der Waals surface area contributed by atoms with Crippen LogP contribution >= 0.6 is 11.8 Å². The minimum atomic E-state index is 0.608. The van der Waals surface area contributed by atoms with Gasteiger partial charge in [-0.05, 0) is 25.5 Å². The van der Waals surface area contributed by atoms with E-state index in [0.29, 0.717) is 6.04 Å². The first-order valence-corrected chi connectivity index (χ1v) is 8.87. The number of aromatic nitrogens is 3. The van der Waals surface area contributed by atoms with Crippen LogP contribution in [0.5, 0.6) is 0 Å². The number of nitrogens with one attached hydrogen (secondary N) is 2. The highest BCUT2D eigenvalue weighted by Gasteiger charge is 2.21. The molecular weight excluding hydrogens is 280 g/mol. The Labute approximate surface area is 130 Å². The highest BCUT2D eigenvalue weighted by molar-refractivity contribution is 7.99. The van der Waals surface area contributed by atoms with Crippen LogP contribution in [-0.4, -0.2) is 33.0 Å². The maximum atomic E-state index is 4.31. The molecule has 0 radical (unpaired) electrons. The number of rotatable bonds is 5. The van der Waals surface area contributed by atoms with E-state index < -0.39 is 0 Å². The Bertz CT molecular complexity index is 554. The van der Waals surface area contributed by atoms with E-state index in [1.807, 2.05) is 30.0 Å². The number of thioether (sulfide) groups is 1. The SMILES string of the molecule is CSC1CCCC(NCc2n[nH]nc2-c2ccccc2)C1. The van der Waals surface area contributed by atoms with Crippen molar-refractivity contribution in [1.29, 1.82) is 0 Å². The molecule has 112 valence electrons. The third-order valence-corrected chi connectivity index (χ3v) is 5.28. The molecule has 5 heteroatoms. The van der Waals surface area contributed by atoms with Crippen molar-refractivity contribution >= 4 is 11.8 Å². The molecule has 0 aliphatic heterocycles. The van der Waals surface area contributed by atoms with Crippen LogP contribution in [0.3, 0.4) is 0 Å². The van der Waals surface area contributed by atoms with Gasteiger partial charge in [0.2, 0.25) is 0 Å². The lowest BCUT2D eigenvalue weighted by Crippen LogP contribution is -2.34. The molecule has 1 heterocycles. The van der Waals surface area contributed by atoms with Crippen molar-refractivity contribution < 1.29 is 0 Å². The third-order valence-electron chi connectivity index (χ3n) is 4.18. The van der Waals surface area contributed by atoms with Crippen LogP contribution in [0.2, 0.25) is 0 Å². The van der Waals surface area contributed by atoms with Gasteiger partial charge in [-0.15, -0.1) is 0 Å². The predicted molar refractivity (Wildman–Crippen MR) is 88.2 cm³/mol. The van der Waals surface area contributed by atoms with Crippen molar-refractivity contribution in [2.75, 3.05) is 6.26 Å². The molecule has 1 fully saturated rings. The van der Waals surface area contributed by atoms with Crippen LogP contribution in [0.4, 0.5) is 0 Å². The number of H-pyrrole nitrogens is 1. The lowest BCUT2D eigenvalue weighted by atomic mass is 9.95.